The van der Waals surface area contributed by atoms with Gasteiger partial charge in [-0.25, -0.2) is 0 Å². The number of carbonyl (C=O) groups is 1. The number of alkyl halides is 6. The summed E-state index contributed by atoms with van der Waals surface area (Å²) in [6.07, 6.45) is -9.50. The van der Waals surface area contributed by atoms with Crippen LogP contribution >= 0.6 is 11.8 Å². The van der Waals surface area contributed by atoms with Crippen molar-refractivity contribution in [3.63, 3.8) is 0 Å². The molecule has 3 aromatic rings. The molecule has 0 saturated carbocycles. The third-order valence-electron chi connectivity index (χ3n) is 4.31. The second-order valence-corrected chi connectivity index (χ2v) is 7.74. The quantitative estimate of drug-likeness (QED) is 0.287. The molecule has 0 fully saturated rings. The van der Waals surface area contributed by atoms with Crippen LogP contribution in [0.15, 0.2) is 52.5 Å². The number of nitrogens with one attached hydrogen (secondary N) is 1. The number of nitro groups is 1. The third kappa shape index (κ3) is 5.65. The molecular formula is C19H13F6N5O3S. The van der Waals surface area contributed by atoms with Crippen LogP contribution in [0.2, 0.25) is 0 Å². The molecule has 180 valence electrons. The molecular weight excluding hydrogens is 492 g/mol. The molecule has 8 nitrogen and oxygen atoms in total. The molecule has 1 N–H and O–H groups in total. The molecule has 3 rings (SSSR count). The highest BCUT2D eigenvalue weighted by atomic mass is 32.2. The summed E-state index contributed by atoms with van der Waals surface area (Å²) in [5.74, 6) is -0.474. The SMILES string of the molecule is CC(=O)NCc1nnc(Sc2ccc(C(F)(F)F)cc2[N+](=O)[O-])n1-c1cccc(C(F)(F)F)c1. The summed E-state index contributed by atoms with van der Waals surface area (Å²) in [6, 6.07) is 5.88. The van der Waals surface area contributed by atoms with E-state index < -0.39 is 40.0 Å². The van der Waals surface area contributed by atoms with Crippen molar-refractivity contribution < 1.29 is 36.1 Å². The first-order valence-corrected chi connectivity index (χ1v) is 9.99. The van der Waals surface area contributed by atoms with Crippen molar-refractivity contribution in [1.29, 1.82) is 0 Å². The van der Waals surface area contributed by atoms with Crippen LogP contribution in [0.1, 0.15) is 23.9 Å². The van der Waals surface area contributed by atoms with Gasteiger partial charge in [0.25, 0.3) is 5.69 Å². The summed E-state index contributed by atoms with van der Waals surface area (Å²) in [4.78, 5) is 21.4. The Kier molecular flexibility index (Phi) is 6.86. The molecule has 0 aliphatic rings. The molecule has 2 aromatic carbocycles. The van der Waals surface area contributed by atoms with Gasteiger partial charge in [0.15, 0.2) is 5.82 Å². The van der Waals surface area contributed by atoms with Crippen LogP contribution in [0.25, 0.3) is 5.69 Å². The molecule has 0 aliphatic heterocycles. The lowest BCUT2D eigenvalue weighted by Gasteiger charge is -2.13. The van der Waals surface area contributed by atoms with Gasteiger partial charge in [0, 0.05) is 13.0 Å². The standard InChI is InChI=1S/C19H13F6N5O3S/c1-10(31)26-9-16-27-28-17(29(16)13-4-2-3-11(7-13)18(20,21)22)34-15-6-5-12(19(23,24)25)8-14(15)30(32)33/h2-8H,9H2,1H3,(H,26,31). The number of benzene rings is 2. The molecule has 15 heteroatoms. The summed E-state index contributed by atoms with van der Waals surface area (Å²) in [5, 5.41) is 21.3. The van der Waals surface area contributed by atoms with Crippen molar-refractivity contribution in [2.24, 2.45) is 0 Å². The van der Waals surface area contributed by atoms with E-state index in [-0.39, 0.29) is 28.1 Å². The number of rotatable bonds is 6. The largest absolute Gasteiger partial charge is 0.416 e. The number of nitrogens with zero attached hydrogens (tertiary/aromatic N) is 4. The van der Waals surface area contributed by atoms with E-state index in [9.17, 15) is 41.3 Å². The van der Waals surface area contributed by atoms with Crippen LogP contribution in [0.3, 0.4) is 0 Å². The van der Waals surface area contributed by atoms with Crippen LogP contribution in [0.5, 0.6) is 0 Å². The predicted octanol–water partition coefficient (Wildman–Crippen LogP) is 5.00. The minimum absolute atomic E-state index is 0.00779. The fourth-order valence-corrected chi connectivity index (χ4v) is 3.74. The maximum Gasteiger partial charge on any atom is 0.416 e. The molecule has 0 saturated heterocycles. The van der Waals surface area contributed by atoms with E-state index in [0.29, 0.717) is 23.9 Å². The van der Waals surface area contributed by atoms with Gasteiger partial charge in [-0.15, -0.1) is 10.2 Å². The molecule has 0 spiro atoms. The monoisotopic (exact) mass is 505 g/mol. The molecule has 34 heavy (non-hydrogen) atoms. The fourth-order valence-electron chi connectivity index (χ4n) is 2.79. The molecule has 0 radical (unpaired) electrons. The van der Waals surface area contributed by atoms with Crippen LogP contribution in [0.4, 0.5) is 32.0 Å². The van der Waals surface area contributed by atoms with E-state index in [1.807, 2.05) is 0 Å². The number of nitro benzene ring substituents is 1. The number of hydrogen-bond donors (Lipinski definition) is 1. The minimum atomic E-state index is -4.82. The third-order valence-corrected chi connectivity index (χ3v) is 5.32. The zero-order valence-corrected chi connectivity index (χ0v) is 17.8. The van der Waals surface area contributed by atoms with E-state index in [0.717, 1.165) is 28.8 Å². The number of aromatic nitrogens is 3. The number of hydrogen-bond acceptors (Lipinski definition) is 6. The van der Waals surface area contributed by atoms with E-state index in [1.165, 1.54) is 13.0 Å². The Balaban J connectivity index is 2.12. The number of halogens is 6. The second kappa shape index (κ2) is 9.32. The molecule has 0 bridgehead atoms. The van der Waals surface area contributed by atoms with Gasteiger partial charge >= 0.3 is 12.4 Å². The normalized spacial score (nSPS) is 12.0. The first-order valence-electron chi connectivity index (χ1n) is 9.17. The Morgan fingerprint density at radius 1 is 1.06 bits per heavy atom. The van der Waals surface area contributed by atoms with Gasteiger partial charge in [0.1, 0.15) is 0 Å². The van der Waals surface area contributed by atoms with Gasteiger partial charge in [-0.3, -0.25) is 19.5 Å². The molecule has 0 unspecified atom stereocenters. The first-order chi connectivity index (χ1) is 15.8. The average molecular weight is 505 g/mol. The van der Waals surface area contributed by atoms with Gasteiger partial charge in [-0.1, -0.05) is 6.07 Å². The molecule has 1 amide bonds. The van der Waals surface area contributed by atoms with Crippen molar-refractivity contribution in [1.82, 2.24) is 20.1 Å². The van der Waals surface area contributed by atoms with Gasteiger partial charge in [-0.2, -0.15) is 26.3 Å². The zero-order chi connectivity index (χ0) is 25.3. The molecule has 1 heterocycles. The van der Waals surface area contributed by atoms with Crippen LogP contribution in [0, 0.1) is 10.1 Å². The van der Waals surface area contributed by atoms with Crippen molar-refractivity contribution in [3.05, 3.63) is 69.5 Å². The average Bonchev–Trinajstić information content (AvgIpc) is 3.13. The van der Waals surface area contributed by atoms with Crippen LogP contribution < -0.4 is 5.32 Å². The second-order valence-electron chi connectivity index (χ2n) is 6.73. The Hall–Kier alpha value is -3.62. The predicted molar refractivity (Wildman–Crippen MR) is 106 cm³/mol. The highest BCUT2D eigenvalue weighted by Crippen LogP contribution is 2.40. The molecule has 0 atom stereocenters. The van der Waals surface area contributed by atoms with Gasteiger partial charge in [0.2, 0.25) is 11.1 Å². The van der Waals surface area contributed by atoms with E-state index in [2.05, 4.69) is 15.5 Å². The highest BCUT2D eigenvalue weighted by molar-refractivity contribution is 7.99. The summed E-state index contributed by atoms with van der Waals surface area (Å²) in [5.41, 5.74) is -3.19. The number of carbonyl (C=O) groups excluding carboxylic acids is 1. The lowest BCUT2D eigenvalue weighted by Crippen LogP contribution is -2.21. The summed E-state index contributed by atoms with van der Waals surface area (Å²) in [6.45, 7) is 0.959. The maximum absolute atomic E-state index is 13.2. The number of amides is 1. The minimum Gasteiger partial charge on any atom is -0.349 e. The zero-order valence-electron chi connectivity index (χ0n) is 16.9. The van der Waals surface area contributed by atoms with Gasteiger partial charge in [0.05, 0.1) is 33.2 Å². The maximum atomic E-state index is 13.2. The van der Waals surface area contributed by atoms with Gasteiger partial charge < -0.3 is 5.32 Å². The Morgan fingerprint density at radius 2 is 1.71 bits per heavy atom. The van der Waals surface area contributed by atoms with Crippen LogP contribution in [-0.2, 0) is 23.7 Å². The van der Waals surface area contributed by atoms with Crippen molar-refractivity contribution in [2.75, 3.05) is 0 Å². The summed E-state index contributed by atoms with van der Waals surface area (Å²) >= 11 is 0.538. The van der Waals surface area contributed by atoms with Crippen LogP contribution in [-0.4, -0.2) is 25.6 Å². The Bertz CT molecular complexity index is 1240. The summed E-state index contributed by atoms with van der Waals surface area (Å²) < 4.78 is 79.7. The van der Waals surface area contributed by atoms with E-state index >= 15 is 0 Å². The molecule has 0 aliphatic carbocycles. The first kappa shape index (κ1) is 25.0. The van der Waals surface area contributed by atoms with E-state index in [1.54, 1.807) is 0 Å². The summed E-state index contributed by atoms with van der Waals surface area (Å²) in [7, 11) is 0. The highest BCUT2D eigenvalue weighted by Gasteiger charge is 2.34. The lowest BCUT2D eigenvalue weighted by atomic mass is 10.2. The Labute approximate surface area is 191 Å². The van der Waals surface area contributed by atoms with Crippen molar-refractivity contribution in [3.8, 4) is 5.69 Å². The lowest BCUT2D eigenvalue weighted by molar-refractivity contribution is -0.388. The topological polar surface area (TPSA) is 103 Å². The Morgan fingerprint density at radius 3 is 2.29 bits per heavy atom. The van der Waals surface area contributed by atoms with Crippen molar-refractivity contribution >= 4 is 23.4 Å². The fraction of sp³-hybridized carbons (Fsp3) is 0.211. The van der Waals surface area contributed by atoms with Gasteiger partial charge in [-0.05, 0) is 42.1 Å². The van der Waals surface area contributed by atoms with E-state index in [4.69, 9.17) is 0 Å². The smallest absolute Gasteiger partial charge is 0.349 e. The van der Waals surface area contributed by atoms with Crippen molar-refractivity contribution in [2.45, 2.75) is 35.9 Å². The molecule has 1 aromatic heterocycles.